The lowest BCUT2D eigenvalue weighted by molar-refractivity contribution is -0.137. The summed E-state index contributed by atoms with van der Waals surface area (Å²) >= 11 is 0. The van der Waals surface area contributed by atoms with E-state index >= 15 is 0 Å². The number of hydrogen-bond donors (Lipinski definition) is 3. The van der Waals surface area contributed by atoms with Gasteiger partial charge in [0.2, 0.25) is 5.91 Å². The Morgan fingerprint density at radius 3 is 2.29 bits per heavy atom. The van der Waals surface area contributed by atoms with Crippen molar-refractivity contribution in [3.63, 3.8) is 0 Å². The SMILES string of the molecule is CN(C)C1(CNC(=O)NC(=O)CCCC(=O)O)CCCC1. The highest BCUT2D eigenvalue weighted by molar-refractivity contribution is 5.94. The number of carbonyl (C=O) groups is 3. The summed E-state index contributed by atoms with van der Waals surface area (Å²) in [6.07, 6.45) is 4.57. The number of likely N-dealkylation sites (N-methyl/N-ethyl adjacent to an activating group) is 1. The molecule has 120 valence electrons. The average molecular weight is 299 g/mol. The monoisotopic (exact) mass is 299 g/mol. The van der Waals surface area contributed by atoms with Crippen molar-refractivity contribution in [2.45, 2.75) is 50.5 Å². The van der Waals surface area contributed by atoms with Crippen LogP contribution in [0.5, 0.6) is 0 Å². The van der Waals surface area contributed by atoms with Crippen molar-refractivity contribution < 1.29 is 19.5 Å². The number of rotatable bonds is 7. The first kappa shape index (κ1) is 17.4. The maximum absolute atomic E-state index is 11.7. The molecule has 21 heavy (non-hydrogen) atoms. The van der Waals surface area contributed by atoms with Gasteiger partial charge in [-0.1, -0.05) is 12.8 Å². The Bertz CT molecular complexity index is 390. The van der Waals surface area contributed by atoms with Crippen LogP contribution in [0.4, 0.5) is 4.79 Å². The van der Waals surface area contributed by atoms with Gasteiger partial charge in [0.05, 0.1) is 0 Å². The van der Waals surface area contributed by atoms with Crippen molar-refractivity contribution in [2.24, 2.45) is 0 Å². The van der Waals surface area contributed by atoms with E-state index in [0.717, 1.165) is 25.7 Å². The van der Waals surface area contributed by atoms with Crippen molar-refractivity contribution in [3.05, 3.63) is 0 Å². The second kappa shape index (κ2) is 7.97. The number of carbonyl (C=O) groups excluding carboxylic acids is 2. The van der Waals surface area contributed by atoms with Gasteiger partial charge < -0.3 is 15.3 Å². The molecule has 0 aromatic rings. The van der Waals surface area contributed by atoms with Crippen LogP contribution >= 0.6 is 0 Å². The van der Waals surface area contributed by atoms with Crippen molar-refractivity contribution in [1.82, 2.24) is 15.5 Å². The fourth-order valence-corrected chi connectivity index (χ4v) is 2.69. The van der Waals surface area contributed by atoms with E-state index in [1.165, 1.54) is 0 Å². The molecule has 3 amide bonds. The smallest absolute Gasteiger partial charge is 0.321 e. The largest absolute Gasteiger partial charge is 0.481 e. The van der Waals surface area contributed by atoms with E-state index in [0.29, 0.717) is 6.54 Å². The van der Waals surface area contributed by atoms with Crippen LogP contribution in [0.3, 0.4) is 0 Å². The van der Waals surface area contributed by atoms with Gasteiger partial charge in [0.1, 0.15) is 0 Å². The van der Waals surface area contributed by atoms with E-state index in [1.807, 2.05) is 14.1 Å². The predicted octanol–water partition coefficient (Wildman–Crippen LogP) is 0.941. The molecule has 7 nitrogen and oxygen atoms in total. The van der Waals surface area contributed by atoms with Crippen molar-refractivity contribution in [1.29, 1.82) is 0 Å². The molecule has 0 radical (unpaired) electrons. The van der Waals surface area contributed by atoms with E-state index < -0.39 is 17.9 Å². The van der Waals surface area contributed by atoms with E-state index in [1.54, 1.807) is 0 Å². The lowest BCUT2D eigenvalue weighted by Crippen LogP contribution is -2.53. The zero-order chi connectivity index (χ0) is 15.9. The highest BCUT2D eigenvalue weighted by Crippen LogP contribution is 2.32. The number of nitrogens with zero attached hydrogens (tertiary/aromatic N) is 1. The maximum atomic E-state index is 11.7. The van der Waals surface area contributed by atoms with E-state index in [2.05, 4.69) is 15.5 Å². The van der Waals surface area contributed by atoms with Gasteiger partial charge in [-0.15, -0.1) is 0 Å². The summed E-state index contributed by atoms with van der Waals surface area (Å²) in [5.74, 6) is -1.39. The molecule has 0 spiro atoms. The van der Waals surface area contributed by atoms with Crippen LogP contribution in [-0.4, -0.2) is 54.1 Å². The summed E-state index contributed by atoms with van der Waals surface area (Å²) in [5, 5.41) is 13.5. The first-order valence-corrected chi connectivity index (χ1v) is 7.33. The number of imide groups is 1. The molecule has 0 aliphatic heterocycles. The van der Waals surface area contributed by atoms with Crippen LogP contribution in [0, 0.1) is 0 Å². The standard InChI is InChI=1S/C14H25N3O4/c1-17(2)14(8-3-4-9-14)10-15-13(21)16-11(18)6-5-7-12(19)20/h3-10H2,1-2H3,(H,19,20)(H2,15,16,18,21). The third-order valence-corrected chi connectivity index (χ3v) is 4.11. The quantitative estimate of drug-likeness (QED) is 0.650. The van der Waals surface area contributed by atoms with Crippen LogP contribution in [-0.2, 0) is 9.59 Å². The molecule has 0 aromatic carbocycles. The zero-order valence-electron chi connectivity index (χ0n) is 12.8. The zero-order valence-corrected chi connectivity index (χ0v) is 12.8. The molecular formula is C14H25N3O4. The summed E-state index contributed by atoms with van der Waals surface area (Å²) in [4.78, 5) is 35.6. The van der Waals surface area contributed by atoms with E-state index in [9.17, 15) is 14.4 Å². The average Bonchev–Trinajstić information content (AvgIpc) is 2.86. The lowest BCUT2D eigenvalue weighted by Gasteiger charge is -2.36. The molecule has 1 fully saturated rings. The Hall–Kier alpha value is -1.63. The summed E-state index contributed by atoms with van der Waals surface area (Å²) in [5.41, 5.74) is -0.0241. The van der Waals surface area contributed by atoms with Gasteiger partial charge in [-0.25, -0.2) is 4.79 Å². The normalized spacial score (nSPS) is 16.7. The van der Waals surface area contributed by atoms with Crippen LogP contribution in [0.2, 0.25) is 0 Å². The van der Waals surface area contributed by atoms with Crippen LogP contribution in [0.15, 0.2) is 0 Å². The molecule has 3 N–H and O–H groups in total. The molecule has 0 unspecified atom stereocenters. The van der Waals surface area contributed by atoms with Gasteiger partial charge in [-0.05, 0) is 33.4 Å². The summed E-state index contributed by atoms with van der Waals surface area (Å²) in [6.45, 7) is 0.508. The minimum absolute atomic E-state index is 0.0241. The molecule has 0 aromatic heterocycles. The molecule has 0 saturated heterocycles. The number of amides is 3. The molecule has 1 saturated carbocycles. The molecule has 7 heteroatoms. The van der Waals surface area contributed by atoms with Crippen molar-refractivity contribution in [3.8, 4) is 0 Å². The Balaban J connectivity index is 2.30. The van der Waals surface area contributed by atoms with Gasteiger partial charge in [-0.2, -0.15) is 0 Å². The molecule has 1 rings (SSSR count). The van der Waals surface area contributed by atoms with Crippen LogP contribution in [0.25, 0.3) is 0 Å². The number of hydrogen-bond acceptors (Lipinski definition) is 4. The number of carboxylic acids is 1. The third-order valence-electron chi connectivity index (χ3n) is 4.11. The minimum Gasteiger partial charge on any atom is -0.481 e. The fourth-order valence-electron chi connectivity index (χ4n) is 2.69. The van der Waals surface area contributed by atoms with Gasteiger partial charge in [0, 0.05) is 24.9 Å². The van der Waals surface area contributed by atoms with Crippen molar-refractivity contribution >= 4 is 17.9 Å². The molecule has 1 aliphatic carbocycles. The summed E-state index contributed by atoms with van der Waals surface area (Å²) < 4.78 is 0. The number of carboxylic acid groups (broad SMARTS) is 1. The number of nitrogens with one attached hydrogen (secondary N) is 2. The fraction of sp³-hybridized carbons (Fsp3) is 0.786. The van der Waals surface area contributed by atoms with Crippen LogP contribution in [0.1, 0.15) is 44.9 Å². The van der Waals surface area contributed by atoms with Crippen molar-refractivity contribution in [2.75, 3.05) is 20.6 Å². The molecule has 1 aliphatic rings. The second-order valence-electron chi connectivity index (χ2n) is 5.80. The lowest BCUT2D eigenvalue weighted by atomic mass is 9.96. The maximum Gasteiger partial charge on any atom is 0.321 e. The number of urea groups is 1. The van der Waals surface area contributed by atoms with Gasteiger partial charge in [0.15, 0.2) is 0 Å². The number of aliphatic carboxylic acids is 1. The Morgan fingerprint density at radius 1 is 1.14 bits per heavy atom. The Labute approximate surface area is 125 Å². The van der Waals surface area contributed by atoms with E-state index in [4.69, 9.17) is 5.11 Å². The summed E-state index contributed by atoms with van der Waals surface area (Å²) in [7, 11) is 4.00. The first-order valence-electron chi connectivity index (χ1n) is 7.33. The Morgan fingerprint density at radius 2 is 1.76 bits per heavy atom. The molecule has 0 heterocycles. The van der Waals surface area contributed by atoms with E-state index in [-0.39, 0.29) is 24.8 Å². The third kappa shape index (κ3) is 5.71. The highest BCUT2D eigenvalue weighted by Gasteiger charge is 2.36. The molecule has 0 atom stereocenters. The minimum atomic E-state index is -0.943. The molecule has 0 bridgehead atoms. The van der Waals surface area contributed by atoms with Gasteiger partial charge >= 0.3 is 12.0 Å². The topological polar surface area (TPSA) is 98.7 Å². The Kier molecular flexibility index (Phi) is 6.61. The second-order valence-corrected chi connectivity index (χ2v) is 5.80. The first-order chi connectivity index (χ1) is 9.85. The predicted molar refractivity (Wildman–Crippen MR) is 77.9 cm³/mol. The summed E-state index contributed by atoms with van der Waals surface area (Å²) in [6, 6.07) is -0.511. The van der Waals surface area contributed by atoms with Gasteiger partial charge in [0.25, 0.3) is 0 Å². The highest BCUT2D eigenvalue weighted by atomic mass is 16.4. The van der Waals surface area contributed by atoms with Crippen LogP contribution < -0.4 is 10.6 Å². The van der Waals surface area contributed by atoms with Gasteiger partial charge in [-0.3, -0.25) is 14.9 Å². The molecular weight excluding hydrogens is 274 g/mol.